The van der Waals surface area contributed by atoms with Crippen molar-refractivity contribution in [2.24, 2.45) is 5.73 Å². The molecule has 1 aromatic heterocycles. The topological polar surface area (TPSA) is 38.9 Å². The van der Waals surface area contributed by atoms with E-state index in [1.54, 1.807) is 0 Å². The van der Waals surface area contributed by atoms with Crippen LogP contribution in [0.1, 0.15) is 5.69 Å². The molecule has 0 aliphatic heterocycles. The van der Waals surface area contributed by atoms with Crippen molar-refractivity contribution < 1.29 is 0 Å². The molecular formula is C9H9BrN2S. The maximum atomic E-state index is 5.50. The fraction of sp³-hybridized carbons (Fsp3) is 0.222. The molecule has 0 bridgehead atoms. The van der Waals surface area contributed by atoms with Crippen LogP contribution in [0.25, 0.3) is 10.1 Å². The lowest BCUT2D eigenvalue weighted by Crippen LogP contribution is -2.02. The van der Waals surface area contributed by atoms with E-state index in [-0.39, 0.29) is 0 Å². The van der Waals surface area contributed by atoms with Crippen LogP contribution in [0.4, 0.5) is 0 Å². The number of nitrogens with zero attached hydrogens (tertiary/aromatic N) is 1. The van der Waals surface area contributed by atoms with Crippen LogP contribution < -0.4 is 5.73 Å². The second kappa shape index (κ2) is 3.74. The molecule has 0 saturated carbocycles. The van der Waals surface area contributed by atoms with Crippen LogP contribution in [0.5, 0.6) is 0 Å². The molecular weight excluding hydrogens is 248 g/mol. The predicted molar refractivity (Wildman–Crippen MR) is 60.1 cm³/mol. The number of nitrogens with two attached hydrogens (primary N) is 1. The van der Waals surface area contributed by atoms with E-state index >= 15 is 0 Å². The Morgan fingerprint density at radius 1 is 1.46 bits per heavy atom. The highest BCUT2D eigenvalue weighted by Gasteiger charge is 2.04. The third-order valence-corrected chi connectivity index (χ3v) is 3.25. The molecule has 0 unspecified atom stereocenters. The van der Waals surface area contributed by atoms with Gasteiger partial charge in [-0.2, -0.15) is 4.37 Å². The van der Waals surface area contributed by atoms with Gasteiger partial charge in [0.2, 0.25) is 0 Å². The van der Waals surface area contributed by atoms with Crippen LogP contribution >= 0.6 is 27.5 Å². The molecule has 0 spiro atoms. The maximum Gasteiger partial charge on any atom is 0.0633 e. The molecule has 2 rings (SSSR count). The smallest absolute Gasteiger partial charge is 0.0633 e. The summed E-state index contributed by atoms with van der Waals surface area (Å²) < 4.78 is 6.69. The summed E-state index contributed by atoms with van der Waals surface area (Å²) in [5.41, 5.74) is 6.62. The van der Waals surface area contributed by atoms with Crippen molar-refractivity contribution in [3.63, 3.8) is 0 Å². The van der Waals surface area contributed by atoms with Gasteiger partial charge in [0.1, 0.15) is 0 Å². The van der Waals surface area contributed by atoms with Crippen molar-refractivity contribution >= 4 is 37.5 Å². The SMILES string of the molecule is NCCc1nsc2ccc(Br)cc12. The fourth-order valence-corrected chi connectivity index (χ4v) is 2.44. The van der Waals surface area contributed by atoms with Crippen LogP contribution in [0, 0.1) is 0 Å². The highest BCUT2D eigenvalue weighted by Crippen LogP contribution is 2.26. The molecule has 13 heavy (non-hydrogen) atoms. The second-order valence-corrected chi connectivity index (χ2v) is 4.53. The standard InChI is InChI=1S/C9H9BrN2S/c10-6-1-2-9-7(5-6)8(3-4-11)12-13-9/h1-2,5H,3-4,11H2. The molecule has 0 aliphatic rings. The Hall–Kier alpha value is -0.450. The minimum atomic E-state index is 0.658. The maximum absolute atomic E-state index is 5.50. The van der Waals surface area contributed by atoms with Crippen LogP contribution in [0.3, 0.4) is 0 Å². The minimum Gasteiger partial charge on any atom is -0.330 e. The van der Waals surface area contributed by atoms with Gasteiger partial charge in [0.25, 0.3) is 0 Å². The van der Waals surface area contributed by atoms with Crippen molar-refractivity contribution in [1.82, 2.24) is 4.37 Å². The molecule has 2 aromatic rings. The molecule has 68 valence electrons. The van der Waals surface area contributed by atoms with E-state index < -0.39 is 0 Å². The van der Waals surface area contributed by atoms with Gasteiger partial charge in [0.15, 0.2) is 0 Å². The summed E-state index contributed by atoms with van der Waals surface area (Å²) in [6.07, 6.45) is 0.858. The van der Waals surface area contributed by atoms with Crippen molar-refractivity contribution in [3.05, 3.63) is 28.4 Å². The molecule has 0 aliphatic carbocycles. The Morgan fingerprint density at radius 3 is 3.08 bits per heavy atom. The van der Waals surface area contributed by atoms with E-state index in [0.29, 0.717) is 6.54 Å². The average molecular weight is 257 g/mol. The molecule has 0 saturated heterocycles. The number of halogens is 1. The summed E-state index contributed by atoms with van der Waals surface area (Å²) >= 11 is 4.98. The summed E-state index contributed by atoms with van der Waals surface area (Å²) in [5.74, 6) is 0. The van der Waals surface area contributed by atoms with Crippen LogP contribution in [-0.2, 0) is 6.42 Å². The van der Waals surface area contributed by atoms with Gasteiger partial charge in [-0.1, -0.05) is 15.9 Å². The van der Waals surface area contributed by atoms with Gasteiger partial charge < -0.3 is 5.73 Å². The summed E-state index contributed by atoms with van der Waals surface area (Å²) in [6, 6.07) is 6.22. The zero-order valence-corrected chi connectivity index (χ0v) is 9.36. The monoisotopic (exact) mass is 256 g/mol. The minimum absolute atomic E-state index is 0.658. The Bertz CT molecular complexity index is 424. The Morgan fingerprint density at radius 2 is 2.31 bits per heavy atom. The number of fused-ring (bicyclic) bond motifs is 1. The number of aromatic nitrogens is 1. The quantitative estimate of drug-likeness (QED) is 0.897. The zero-order valence-electron chi connectivity index (χ0n) is 6.96. The first-order valence-corrected chi connectivity index (χ1v) is 5.62. The van der Waals surface area contributed by atoms with Gasteiger partial charge in [-0.05, 0) is 36.3 Å². The summed E-state index contributed by atoms with van der Waals surface area (Å²) in [5, 5.41) is 1.23. The van der Waals surface area contributed by atoms with Gasteiger partial charge in [-0.15, -0.1) is 0 Å². The first kappa shape index (κ1) is 9.12. The lowest BCUT2D eigenvalue weighted by Gasteiger charge is -1.94. The highest BCUT2D eigenvalue weighted by atomic mass is 79.9. The fourth-order valence-electron chi connectivity index (χ4n) is 1.28. The molecule has 4 heteroatoms. The number of rotatable bonds is 2. The highest BCUT2D eigenvalue weighted by molar-refractivity contribution is 9.10. The molecule has 0 atom stereocenters. The number of hydrogen-bond acceptors (Lipinski definition) is 3. The zero-order chi connectivity index (χ0) is 9.26. The first-order valence-electron chi connectivity index (χ1n) is 4.05. The van der Waals surface area contributed by atoms with Gasteiger partial charge in [0.05, 0.1) is 10.4 Å². The molecule has 0 radical (unpaired) electrons. The Balaban J connectivity index is 2.58. The van der Waals surface area contributed by atoms with Gasteiger partial charge in [-0.25, -0.2) is 0 Å². The third kappa shape index (κ3) is 1.75. The third-order valence-electron chi connectivity index (χ3n) is 1.89. The molecule has 2 N–H and O–H groups in total. The average Bonchev–Trinajstić information content (AvgIpc) is 2.49. The van der Waals surface area contributed by atoms with Crippen LogP contribution in [0.2, 0.25) is 0 Å². The predicted octanol–water partition coefficient (Wildman–Crippen LogP) is 2.56. The van der Waals surface area contributed by atoms with Gasteiger partial charge in [0, 0.05) is 16.3 Å². The Kier molecular flexibility index (Phi) is 2.62. The van der Waals surface area contributed by atoms with Crippen molar-refractivity contribution in [2.75, 3.05) is 6.54 Å². The van der Waals surface area contributed by atoms with Crippen LogP contribution in [-0.4, -0.2) is 10.9 Å². The van der Waals surface area contributed by atoms with E-state index in [9.17, 15) is 0 Å². The molecule has 1 heterocycles. The largest absolute Gasteiger partial charge is 0.330 e. The van der Waals surface area contributed by atoms with Crippen molar-refractivity contribution in [3.8, 4) is 0 Å². The molecule has 0 amide bonds. The van der Waals surface area contributed by atoms with Gasteiger partial charge in [-0.3, -0.25) is 0 Å². The molecule has 1 aromatic carbocycles. The van der Waals surface area contributed by atoms with E-state index in [1.807, 2.05) is 6.07 Å². The van der Waals surface area contributed by atoms with E-state index in [2.05, 4.69) is 32.4 Å². The van der Waals surface area contributed by atoms with Crippen molar-refractivity contribution in [2.45, 2.75) is 6.42 Å². The van der Waals surface area contributed by atoms with Crippen molar-refractivity contribution in [1.29, 1.82) is 0 Å². The first-order chi connectivity index (χ1) is 6.31. The number of benzene rings is 1. The van der Waals surface area contributed by atoms with E-state index in [0.717, 1.165) is 16.6 Å². The normalized spacial score (nSPS) is 10.9. The Labute approximate surface area is 89.1 Å². The lowest BCUT2D eigenvalue weighted by atomic mass is 10.2. The summed E-state index contributed by atoms with van der Waals surface area (Å²) in [6.45, 7) is 0.658. The second-order valence-electron chi connectivity index (χ2n) is 2.81. The van der Waals surface area contributed by atoms with Crippen LogP contribution in [0.15, 0.2) is 22.7 Å². The number of hydrogen-bond donors (Lipinski definition) is 1. The molecule has 0 fully saturated rings. The summed E-state index contributed by atoms with van der Waals surface area (Å²) in [7, 11) is 0. The summed E-state index contributed by atoms with van der Waals surface area (Å²) in [4.78, 5) is 0. The van der Waals surface area contributed by atoms with E-state index in [4.69, 9.17) is 5.73 Å². The van der Waals surface area contributed by atoms with Gasteiger partial charge >= 0.3 is 0 Å². The lowest BCUT2D eigenvalue weighted by molar-refractivity contribution is 0.953. The van der Waals surface area contributed by atoms with E-state index in [1.165, 1.54) is 21.6 Å². The molecule has 2 nitrogen and oxygen atoms in total.